The fourth-order valence-electron chi connectivity index (χ4n) is 5.23. The number of fused-ring (bicyclic) bond motifs is 3. The van der Waals surface area contributed by atoms with E-state index < -0.39 is 0 Å². The number of nitrogens with zero attached hydrogens (tertiary/aromatic N) is 1. The van der Waals surface area contributed by atoms with Crippen LogP contribution in [0.5, 0.6) is 0 Å². The molecule has 176 valence electrons. The molecule has 0 unspecified atom stereocenters. The summed E-state index contributed by atoms with van der Waals surface area (Å²) in [7, 11) is 2.04. The van der Waals surface area contributed by atoms with E-state index in [0.29, 0.717) is 11.1 Å². The molecule has 0 saturated heterocycles. The molecule has 0 aliphatic rings. The van der Waals surface area contributed by atoms with Crippen LogP contribution in [0.1, 0.15) is 16.7 Å². The van der Waals surface area contributed by atoms with E-state index in [1.807, 2.05) is 44.3 Å². The number of pyridine rings is 1. The Morgan fingerprint density at radius 1 is 0.667 bits per heavy atom. The molecule has 0 radical (unpaired) electrons. The van der Waals surface area contributed by atoms with Crippen LogP contribution < -0.4 is 4.57 Å². The summed E-state index contributed by atoms with van der Waals surface area (Å²) in [5, 5.41) is 1.91. The van der Waals surface area contributed by atoms with Gasteiger partial charge in [-0.25, -0.2) is 8.96 Å². The van der Waals surface area contributed by atoms with Gasteiger partial charge in [0.1, 0.15) is 24.0 Å². The highest BCUT2D eigenvalue weighted by Crippen LogP contribution is 2.42. The van der Waals surface area contributed by atoms with Crippen molar-refractivity contribution in [2.24, 2.45) is 7.05 Å². The van der Waals surface area contributed by atoms with Crippen molar-refractivity contribution in [2.45, 2.75) is 20.8 Å². The van der Waals surface area contributed by atoms with Crippen LogP contribution in [0.15, 0.2) is 95.5 Å². The lowest BCUT2D eigenvalue weighted by molar-refractivity contribution is -0.660. The second-order valence-electron chi connectivity index (χ2n) is 9.63. The average Bonchev–Trinajstić information content (AvgIpc) is 3.25. The van der Waals surface area contributed by atoms with E-state index in [1.54, 1.807) is 6.07 Å². The summed E-state index contributed by atoms with van der Waals surface area (Å²) in [5.41, 5.74) is 10.4. The summed E-state index contributed by atoms with van der Waals surface area (Å²) < 4.78 is 24.2. The van der Waals surface area contributed by atoms with Gasteiger partial charge in [0.05, 0.1) is 11.1 Å². The summed E-state index contributed by atoms with van der Waals surface area (Å²) in [5.74, 6) is -0.281. The maximum absolute atomic E-state index is 15.5. The summed E-state index contributed by atoms with van der Waals surface area (Å²) >= 11 is 0. The largest absolute Gasteiger partial charge is 0.454 e. The lowest BCUT2D eigenvalue weighted by Crippen LogP contribution is -2.30. The number of hydrogen-bond acceptors (Lipinski definition) is 1. The third-order valence-electron chi connectivity index (χ3n) is 7.13. The van der Waals surface area contributed by atoms with E-state index in [0.717, 1.165) is 55.4 Å². The summed E-state index contributed by atoms with van der Waals surface area (Å²) in [6, 6.07) is 28.3. The molecule has 0 aliphatic heterocycles. The van der Waals surface area contributed by atoms with Crippen LogP contribution in [0.2, 0.25) is 0 Å². The van der Waals surface area contributed by atoms with Gasteiger partial charge < -0.3 is 4.42 Å². The molecule has 0 spiro atoms. The maximum Gasteiger partial charge on any atom is 0.216 e. The number of aryl methyl sites for hydroxylation is 4. The molecular formula is C33H27FNO+. The highest BCUT2D eigenvalue weighted by Gasteiger charge is 2.23. The number of benzene rings is 4. The average molecular weight is 473 g/mol. The molecular weight excluding hydrogens is 445 g/mol. The first-order chi connectivity index (χ1) is 17.4. The van der Waals surface area contributed by atoms with Crippen molar-refractivity contribution in [1.82, 2.24) is 0 Å². The minimum Gasteiger partial charge on any atom is -0.454 e. The second-order valence-corrected chi connectivity index (χ2v) is 9.63. The van der Waals surface area contributed by atoms with Crippen molar-refractivity contribution in [1.29, 1.82) is 0 Å². The standard InChI is InChI=1S/C33H27FNO/c1-20-16-17-35(4)29(18-20)30-21(2)10-12-26-27-14-15-28(34)31(33(27)36-32(26)30)25-13-11-24(19-22(25)3)23-8-6-5-7-9-23/h5-19H,1-4H3/q+1. The minimum atomic E-state index is -0.281. The fourth-order valence-corrected chi connectivity index (χ4v) is 5.23. The molecule has 2 nitrogen and oxygen atoms in total. The van der Waals surface area contributed by atoms with E-state index in [1.165, 1.54) is 5.56 Å². The molecule has 4 aromatic carbocycles. The van der Waals surface area contributed by atoms with E-state index in [2.05, 4.69) is 73.1 Å². The van der Waals surface area contributed by atoms with Gasteiger partial charge in [-0.1, -0.05) is 60.7 Å². The topological polar surface area (TPSA) is 17.0 Å². The van der Waals surface area contributed by atoms with Gasteiger partial charge in [0.15, 0.2) is 6.20 Å². The van der Waals surface area contributed by atoms with Crippen molar-refractivity contribution in [3.8, 4) is 33.5 Å². The predicted octanol–water partition coefficient (Wildman–Crippen LogP) is 8.48. The van der Waals surface area contributed by atoms with E-state index >= 15 is 4.39 Å². The van der Waals surface area contributed by atoms with Crippen LogP contribution in [0.3, 0.4) is 0 Å². The Bertz CT molecular complexity index is 1780. The smallest absolute Gasteiger partial charge is 0.216 e. The molecule has 3 heteroatoms. The lowest BCUT2D eigenvalue weighted by atomic mass is 9.94. The molecule has 0 amide bonds. The van der Waals surface area contributed by atoms with E-state index in [9.17, 15) is 0 Å². The highest BCUT2D eigenvalue weighted by atomic mass is 19.1. The van der Waals surface area contributed by atoms with Gasteiger partial charge in [-0.3, -0.25) is 0 Å². The summed E-state index contributed by atoms with van der Waals surface area (Å²) in [6.45, 7) is 6.22. The number of halogens is 1. The van der Waals surface area contributed by atoms with Gasteiger partial charge in [-0.15, -0.1) is 0 Å². The van der Waals surface area contributed by atoms with Gasteiger partial charge in [0, 0.05) is 22.9 Å². The lowest BCUT2D eigenvalue weighted by Gasteiger charge is -2.11. The normalized spacial score (nSPS) is 11.5. The Hall–Kier alpha value is -4.24. The number of aromatic nitrogens is 1. The molecule has 6 aromatic rings. The fraction of sp³-hybridized carbons (Fsp3) is 0.121. The Morgan fingerprint density at radius 3 is 2.14 bits per heavy atom. The molecule has 0 fully saturated rings. The van der Waals surface area contributed by atoms with Gasteiger partial charge in [-0.2, -0.15) is 0 Å². The molecule has 0 aliphatic carbocycles. The summed E-state index contributed by atoms with van der Waals surface area (Å²) in [4.78, 5) is 0. The first-order valence-electron chi connectivity index (χ1n) is 12.2. The maximum atomic E-state index is 15.5. The Labute approximate surface area is 210 Å². The monoisotopic (exact) mass is 472 g/mol. The van der Waals surface area contributed by atoms with Gasteiger partial charge in [0.25, 0.3) is 0 Å². The van der Waals surface area contributed by atoms with Gasteiger partial charge in [0.2, 0.25) is 5.69 Å². The van der Waals surface area contributed by atoms with Crippen LogP contribution in [-0.2, 0) is 7.05 Å². The molecule has 0 atom stereocenters. The second kappa shape index (κ2) is 8.46. The molecule has 6 rings (SSSR count). The number of rotatable bonds is 3. The molecule has 36 heavy (non-hydrogen) atoms. The Morgan fingerprint density at radius 2 is 1.39 bits per heavy atom. The van der Waals surface area contributed by atoms with Gasteiger partial charge >= 0.3 is 0 Å². The summed E-state index contributed by atoms with van der Waals surface area (Å²) in [6.07, 6.45) is 2.06. The quantitative estimate of drug-likeness (QED) is 0.236. The van der Waals surface area contributed by atoms with E-state index in [-0.39, 0.29) is 5.82 Å². The van der Waals surface area contributed by atoms with Crippen LogP contribution in [0.4, 0.5) is 4.39 Å². The van der Waals surface area contributed by atoms with E-state index in [4.69, 9.17) is 4.42 Å². The Kier molecular flexibility index (Phi) is 5.22. The van der Waals surface area contributed by atoms with Crippen molar-refractivity contribution >= 4 is 21.9 Å². The Balaban J connectivity index is 1.62. The third-order valence-corrected chi connectivity index (χ3v) is 7.13. The zero-order chi connectivity index (χ0) is 25.0. The zero-order valence-corrected chi connectivity index (χ0v) is 20.9. The number of hydrogen-bond donors (Lipinski definition) is 0. The molecule has 0 saturated carbocycles. The van der Waals surface area contributed by atoms with Crippen molar-refractivity contribution in [3.63, 3.8) is 0 Å². The first-order valence-corrected chi connectivity index (χ1v) is 12.2. The molecule has 2 aromatic heterocycles. The van der Waals surface area contributed by atoms with Crippen molar-refractivity contribution in [3.05, 3.63) is 114 Å². The number of furan rings is 1. The molecule has 0 N–H and O–H groups in total. The molecule has 0 bridgehead atoms. The van der Waals surface area contributed by atoms with Crippen LogP contribution in [0.25, 0.3) is 55.4 Å². The van der Waals surface area contributed by atoms with Crippen LogP contribution in [-0.4, -0.2) is 0 Å². The van der Waals surface area contributed by atoms with Crippen molar-refractivity contribution in [2.75, 3.05) is 0 Å². The highest BCUT2D eigenvalue weighted by molar-refractivity contribution is 6.13. The van der Waals surface area contributed by atoms with Gasteiger partial charge in [-0.05, 0) is 66.3 Å². The minimum absolute atomic E-state index is 0.281. The van der Waals surface area contributed by atoms with Crippen LogP contribution in [0, 0.1) is 26.6 Å². The predicted molar refractivity (Wildman–Crippen MR) is 145 cm³/mol. The zero-order valence-electron chi connectivity index (χ0n) is 20.9. The first kappa shape index (κ1) is 22.2. The van der Waals surface area contributed by atoms with Crippen LogP contribution >= 0.6 is 0 Å². The SMILES string of the molecule is Cc1cc[n+](C)c(-c2c(C)ccc3c2oc2c(-c4ccc(-c5ccccc5)cc4C)c(F)ccc23)c1. The molecule has 2 heterocycles. The van der Waals surface area contributed by atoms with Crippen molar-refractivity contribution < 1.29 is 13.4 Å². The third kappa shape index (κ3) is 3.51.